The molecular formula is C17H15NO3. The maximum Gasteiger partial charge on any atom is 0.335 e. The highest BCUT2D eigenvalue weighted by Gasteiger charge is 2.23. The monoisotopic (exact) mass is 281 g/mol. The molecule has 0 saturated heterocycles. The third-order valence-electron chi connectivity index (χ3n) is 4.31. The van der Waals surface area contributed by atoms with E-state index in [1.807, 2.05) is 6.07 Å². The van der Waals surface area contributed by atoms with Crippen LogP contribution in [0.15, 0.2) is 24.3 Å². The molecule has 21 heavy (non-hydrogen) atoms. The van der Waals surface area contributed by atoms with Crippen LogP contribution in [0.1, 0.15) is 36.0 Å². The van der Waals surface area contributed by atoms with E-state index in [0.29, 0.717) is 0 Å². The molecule has 1 atom stereocenters. The van der Waals surface area contributed by atoms with Gasteiger partial charge in [0.25, 0.3) is 0 Å². The van der Waals surface area contributed by atoms with Crippen LogP contribution >= 0.6 is 0 Å². The molecule has 0 bridgehead atoms. The summed E-state index contributed by atoms with van der Waals surface area (Å²) in [6.45, 7) is 0. The Bertz CT molecular complexity index is 869. The second-order valence-corrected chi connectivity index (χ2v) is 5.65. The number of hydrogen-bond acceptors (Lipinski definition) is 3. The number of carboxylic acid groups (broad SMARTS) is 1. The summed E-state index contributed by atoms with van der Waals surface area (Å²) in [5, 5.41) is 11.9. The van der Waals surface area contributed by atoms with Gasteiger partial charge in [0.2, 0.25) is 0 Å². The van der Waals surface area contributed by atoms with E-state index in [2.05, 4.69) is 0 Å². The lowest BCUT2D eigenvalue weighted by Gasteiger charge is -2.27. The van der Waals surface area contributed by atoms with Gasteiger partial charge in [-0.1, -0.05) is 0 Å². The van der Waals surface area contributed by atoms with Gasteiger partial charge in [0.05, 0.1) is 22.7 Å². The van der Waals surface area contributed by atoms with Crippen LogP contribution in [0.5, 0.6) is 0 Å². The van der Waals surface area contributed by atoms with Crippen molar-refractivity contribution in [2.24, 2.45) is 0 Å². The van der Waals surface area contributed by atoms with Crippen molar-refractivity contribution in [3.63, 3.8) is 0 Å². The molecule has 0 radical (unpaired) electrons. The molecule has 0 amide bonds. The molecule has 1 saturated carbocycles. The summed E-state index contributed by atoms with van der Waals surface area (Å²) in [6, 6.07) is 7.03. The van der Waals surface area contributed by atoms with Crippen molar-refractivity contribution in [1.82, 2.24) is 4.98 Å². The molecule has 106 valence electrons. The summed E-state index contributed by atoms with van der Waals surface area (Å²) in [4.78, 5) is 15.8. The maximum absolute atomic E-state index is 11.1. The number of carboxylic acids is 1. The smallest absolute Gasteiger partial charge is 0.335 e. The first-order chi connectivity index (χ1) is 10.2. The number of benzene rings is 1. The lowest BCUT2D eigenvalue weighted by atomic mass is 9.90. The third-order valence-corrected chi connectivity index (χ3v) is 4.31. The molecule has 1 fully saturated rings. The number of hydrogen-bond donors (Lipinski definition) is 1. The van der Waals surface area contributed by atoms with Crippen molar-refractivity contribution in [2.45, 2.75) is 31.8 Å². The molecule has 1 aromatic carbocycles. The van der Waals surface area contributed by atoms with Crippen LogP contribution in [0.2, 0.25) is 0 Å². The highest BCUT2D eigenvalue weighted by molar-refractivity contribution is 5.93. The number of rotatable bonds is 1. The molecule has 2 aromatic rings. The van der Waals surface area contributed by atoms with Gasteiger partial charge in [0.15, 0.2) is 0 Å². The van der Waals surface area contributed by atoms with Gasteiger partial charge in [0.1, 0.15) is 6.10 Å². The lowest BCUT2D eigenvalue weighted by Crippen LogP contribution is -2.39. The van der Waals surface area contributed by atoms with E-state index in [9.17, 15) is 4.79 Å². The fraction of sp³-hybridized carbons (Fsp3) is 0.294. The van der Waals surface area contributed by atoms with E-state index < -0.39 is 5.97 Å². The first-order valence-corrected chi connectivity index (χ1v) is 7.25. The van der Waals surface area contributed by atoms with Gasteiger partial charge in [-0.25, -0.2) is 9.78 Å². The molecule has 0 spiro atoms. The molecule has 1 aliphatic carbocycles. The standard InChI is InChI=1S/C17H15NO3/c19-17(20)10-5-6-14-11(7-10)8-12-9-21-15-4-2-1-3-13(15)16(12)18-14/h5-9,15H,1-4H2,(H,19,20). The highest BCUT2D eigenvalue weighted by atomic mass is 16.5. The zero-order valence-corrected chi connectivity index (χ0v) is 11.5. The Balaban J connectivity index is 2.00. The van der Waals surface area contributed by atoms with Gasteiger partial charge in [-0.3, -0.25) is 0 Å². The van der Waals surface area contributed by atoms with Gasteiger partial charge in [0, 0.05) is 10.6 Å². The van der Waals surface area contributed by atoms with Crippen molar-refractivity contribution in [3.8, 4) is 0 Å². The van der Waals surface area contributed by atoms with Crippen molar-refractivity contribution in [1.29, 1.82) is 0 Å². The summed E-state index contributed by atoms with van der Waals surface area (Å²) in [5.74, 6) is -0.920. The SMILES string of the molecule is O=C(O)c1ccc2nc3c(cc2c1)=COC1CCCCC=31. The van der Waals surface area contributed by atoms with Crippen LogP contribution in [0.25, 0.3) is 22.7 Å². The number of nitrogens with zero attached hydrogens (tertiary/aromatic N) is 1. The topological polar surface area (TPSA) is 59.4 Å². The summed E-state index contributed by atoms with van der Waals surface area (Å²) in [7, 11) is 0. The summed E-state index contributed by atoms with van der Waals surface area (Å²) in [5.41, 5.74) is 2.41. The van der Waals surface area contributed by atoms with Crippen LogP contribution in [-0.2, 0) is 4.74 Å². The normalized spacial score (nSPS) is 20.2. The summed E-state index contributed by atoms with van der Waals surface area (Å²) >= 11 is 0. The zero-order chi connectivity index (χ0) is 14.4. The zero-order valence-electron chi connectivity index (χ0n) is 11.5. The number of aromatic nitrogens is 1. The van der Waals surface area contributed by atoms with Crippen molar-refractivity contribution in [3.05, 3.63) is 40.4 Å². The minimum Gasteiger partial charge on any atom is -0.493 e. The Morgan fingerprint density at radius 3 is 3.05 bits per heavy atom. The Kier molecular flexibility index (Phi) is 2.70. The Labute approximate surface area is 121 Å². The van der Waals surface area contributed by atoms with E-state index in [4.69, 9.17) is 14.8 Å². The number of pyridine rings is 1. The van der Waals surface area contributed by atoms with Gasteiger partial charge in [-0.2, -0.15) is 0 Å². The molecule has 2 heterocycles. The van der Waals surface area contributed by atoms with Crippen LogP contribution in [0, 0.1) is 0 Å². The number of ether oxygens (including phenoxy) is 1. The molecule has 1 N–H and O–H groups in total. The van der Waals surface area contributed by atoms with E-state index in [0.717, 1.165) is 34.3 Å². The molecule has 4 rings (SSSR count). The second kappa shape index (κ2) is 4.58. The first-order valence-electron chi connectivity index (χ1n) is 7.25. The molecular weight excluding hydrogens is 266 g/mol. The second-order valence-electron chi connectivity index (χ2n) is 5.65. The highest BCUT2D eigenvalue weighted by Crippen LogP contribution is 2.27. The third kappa shape index (κ3) is 1.98. The van der Waals surface area contributed by atoms with Gasteiger partial charge >= 0.3 is 5.97 Å². The maximum atomic E-state index is 11.1. The van der Waals surface area contributed by atoms with Gasteiger partial charge in [-0.15, -0.1) is 0 Å². The minimum atomic E-state index is -0.920. The van der Waals surface area contributed by atoms with Crippen molar-refractivity contribution in [2.75, 3.05) is 0 Å². The molecule has 1 aromatic heterocycles. The molecule has 2 aliphatic rings. The fourth-order valence-electron chi connectivity index (χ4n) is 3.23. The predicted octanol–water partition coefficient (Wildman–Crippen LogP) is 1.79. The van der Waals surface area contributed by atoms with Crippen LogP contribution in [0.4, 0.5) is 0 Å². The average molecular weight is 281 g/mol. The van der Waals surface area contributed by atoms with E-state index in [1.54, 1.807) is 24.5 Å². The van der Waals surface area contributed by atoms with Crippen LogP contribution in [0.3, 0.4) is 0 Å². The quantitative estimate of drug-likeness (QED) is 0.866. The summed E-state index contributed by atoms with van der Waals surface area (Å²) < 4.78 is 5.82. The van der Waals surface area contributed by atoms with E-state index in [1.165, 1.54) is 18.4 Å². The molecule has 4 heteroatoms. The van der Waals surface area contributed by atoms with E-state index >= 15 is 0 Å². The van der Waals surface area contributed by atoms with E-state index in [-0.39, 0.29) is 11.7 Å². The van der Waals surface area contributed by atoms with Crippen molar-refractivity contribution < 1.29 is 14.6 Å². The molecule has 4 nitrogen and oxygen atoms in total. The lowest BCUT2D eigenvalue weighted by molar-refractivity contribution is 0.0697. The minimum absolute atomic E-state index is 0.175. The number of fused-ring (bicyclic) bond motifs is 3. The number of carbonyl (C=O) groups is 1. The molecule has 1 unspecified atom stereocenters. The Morgan fingerprint density at radius 2 is 2.19 bits per heavy atom. The Morgan fingerprint density at radius 1 is 1.29 bits per heavy atom. The predicted molar refractivity (Wildman–Crippen MR) is 79.2 cm³/mol. The fourth-order valence-corrected chi connectivity index (χ4v) is 3.23. The summed E-state index contributed by atoms with van der Waals surface area (Å²) in [6.07, 6.45) is 6.43. The van der Waals surface area contributed by atoms with Crippen molar-refractivity contribution >= 4 is 28.7 Å². The van der Waals surface area contributed by atoms with Crippen LogP contribution in [-0.4, -0.2) is 22.2 Å². The average Bonchev–Trinajstić information content (AvgIpc) is 2.52. The van der Waals surface area contributed by atoms with Gasteiger partial charge < -0.3 is 9.84 Å². The van der Waals surface area contributed by atoms with Gasteiger partial charge in [-0.05, 0) is 55.5 Å². The molecule has 1 aliphatic heterocycles. The Hall–Kier alpha value is -2.36. The van der Waals surface area contributed by atoms with Crippen LogP contribution < -0.4 is 10.6 Å². The largest absolute Gasteiger partial charge is 0.493 e. The number of aromatic carboxylic acids is 1. The first kappa shape index (κ1) is 12.4.